The second kappa shape index (κ2) is 3.65. The van der Waals surface area contributed by atoms with Crippen LogP contribution in [0.15, 0.2) is 30.6 Å². The van der Waals surface area contributed by atoms with Gasteiger partial charge in [-0.2, -0.15) is 0 Å². The zero-order chi connectivity index (χ0) is 10.8. The predicted molar refractivity (Wildman–Crippen MR) is 56.9 cm³/mol. The van der Waals surface area contributed by atoms with Crippen LogP contribution in [0.4, 0.5) is 0 Å². The van der Waals surface area contributed by atoms with Gasteiger partial charge in [-0.05, 0) is 18.2 Å². The van der Waals surface area contributed by atoms with Crippen LogP contribution in [0.5, 0.6) is 11.5 Å². The summed E-state index contributed by atoms with van der Waals surface area (Å²) in [6.07, 6.45) is 3.58. The summed E-state index contributed by atoms with van der Waals surface area (Å²) >= 11 is 0. The largest absolute Gasteiger partial charge is 0.504 e. The lowest BCUT2D eigenvalue weighted by Gasteiger charge is -2.06. The molecule has 0 saturated heterocycles. The van der Waals surface area contributed by atoms with Gasteiger partial charge in [0.15, 0.2) is 11.5 Å². The number of ether oxygens (including phenoxy) is 1. The van der Waals surface area contributed by atoms with Crippen molar-refractivity contribution in [1.29, 1.82) is 0 Å². The maximum atomic E-state index is 9.62. The third-order valence-corrected chi connectivity index (χ3v) is 2.26. The summed E-state index contributed by atoms with van der Waals surface area (Å²) in [4.78, 5) is 4.19. The Balaban J connectivity index is 2.47. The molecule has 2 aromatic rings. The Bertz CT molecular complexity index is 477. The number of aromatic hydroxyl groups is 1. The van der Waals surface area contributed by atoms with Gasteiger partial charge >= 0.3 is 0 Å². The first-order valence-electron chi connectivity index (χ1n) is 4.57. The highest BCUT2D eigenvalue weighted by Gasteiger charge is 2.07. The topological polar surface area (TPSA) is 47.3 Å². The van der Waals surface area contributed by atoms with Gasteiger partial charge in [0.1, 0.15) is 5.82 Å². The summed E-state index contributed by atoms with van der Waals surface area (Å²) in [5.74, 6) is 1.40. The van der Waals surface area contributed by atoms with E-state index >= 15 is 0 Å². The number of aromatic nitrogens is 2. The molecular weight excluding hydrogens is 192 g/mol. The lowest BCUT2D eigenvalue weighted by atomic mass is 10.2. The van der Waals surface area contributed by atoms with Crippen LogP contribution in [-0.4, -0.2) is 21.8 Å². The van der Waals surface area contributed by atoms with E-state index < -0.39 is 0 Å². The number of phenolic OH excluding ortho intramolecular Hbond substituents is 1. The molecule has 0 spiro atoms. The summed E-state index contributed by atoms with van der Waals surface area (Å²) in [7, 11) is 3.43. The second-order valence-electron chi connectivity index (χ2n) is 3.25. The summed E-state index contributed by atoms with van der Waals surface area (Å²) in [5.41, 5.74) is 0.862. The number of aryl methyl sites for hydroxylation is 1. The first kappa shape index (κ1) is 9.58. The molecule has 4 nitrogen and oxygen atoms in total. The number of nitrogens with zero attached hydrogens (tertiary/aromatic N) is 2. The molecular formula is C11H12N2O2. The van der Waals surface area contributed by atoms with Crippen LogP contribution in [0.25, 0.3) is 11.4 Å². The van der Waals surface area contributed by atoms with Crippen LogP contribution in [0.1, 0.15) is 0 Å². The Morgan fingerprint density at radius 3 is 2.73 bits per heavy atom. The van der Waals surface area contributed by atoms with Crippen LogP contribution in [0.3, 0.4) is 0 Å². The maximum Gasteiger partial charge on any atom is 0.160 e. The van der Waals surface area contributed by atoms with Gasteiger partial charge in [0.2, 0.25) is 0 Å². The van der Waals surface area contributed by atoms with Crippen molar-refractivity contribution in [3.05, 3.63) is 30.6 Å². The Labute approximate surface area is 87.8 Å². The first-order chi connectivity index (χ1) is 7.22. The molecule has 1 N–H and O–H groups in total. The molecule has 0 aliphatic carbocycles. The minimum absolute atomic E-state index is 0.123. The minimum atomic E-state index is 0.123. The fraction of sp³-hybridized carbons (Fsp3) is 0.182. The smallest absolute Gasteiger partial charge is 0.160 e. The highest BCUT2D eigenvalue weighted by molar-refractivity contribution is 5.61. The fourth-order valence-electron chi connectivity index (χ4n) is 1.47. The first-order valence-corrected chi connectivity index (χ1v) is 4.57. The molecule has 1 heterocycles. The van der Waals surface area contributed by atoms with E-state index in [0.29, 0.717) is 5.75 Å². The monoisotopic (exact) mass is 204 g/mol. The average molecular weight is 204 g/mol. The lowest BCUT2D eigenvalue weighted by molar-refractivity contribution is 0.373. The Kier molecular flexibility index (Phi) is 2.33. The van der Waals surface area contributed by atoms with Gasteiger partial charge in [-0.15, -0.1) is 0 Å². The third-order valence-electron chi connectivity index (χ3n) is 2.26. The van der Waals surface area contributed by atoms with Gasteiger partial charge in [0.25, 0.3) is 0 Å². The van der Waals surface area contributed by atoms with Crippen molar-refractivity contribution >= 4 is 0 Å². The van der Waals surface area contributed by atoms with Crippen LogP contribution in [0, 0.1) is 0 Å². The van der Waals surface area contributed by atoms with E-state index in [9.17, 15) is 5.11 Å². The quantitative estimate of drug-likeness (QED) is 0.811. The predicted octanol–water partition coefficient (Wildman–Crippen LogP) is 1.80. The molecule has 0 amide bonds. The van der Waals surface area contributed by atoms with E-state index in [1.165, 1.54) is 7.11 Å². The van der Waals surface area contributed by atoms with Crippen molar-refractivity contribution < 1.29 is 9.84 Å². The van der Waals surface area contributed by atoms with Crippen molar-refractivity contribution in [2.75, 3.05) is 7.11 Å². The average Bonchev–Trinajstić information content (AvgIpc) is 2.64. The summed E-state index contributed by atoms with van der Waals surface area (Å²) in [6, 6.07) is 5.22. The number of phenols is 1. The lowest BCUT2D eigenvalue weighted by Crippen LogP contribution is -1.91. The molecule has 0 radical (unpaired) electrons. The number of imidazole rings is 1. The third kappa shape index (κ3) is 1.66. The van der Waals surface area contributed by atoms with E-state index in [1.54, 1.807) is 18.3 Å². The number of methoxy groups -OCH3 is 1. The van der Waals surface area contributed by atoms with Gasteiger partial charge < -0.3 is 14.4 Å². The molecule has 0 unspecified atom stereocenters. The van der Waals surface area contributed by atoms with Gasteiger partial charge in [-0.3, -0.25) is 0 Å². The van der Waals surface area contributed by atoms with Gasteiger partial charge in [-0.25, -0.2) is 4.98 Å². The van der Waals surface area contributed by atoms with Crippen molar-refractivity contribution in [1.82, 2.24) is 9.55 Å². The van der Waals surface area contributed by atoms with Crippen molar-refractivity contribution in [2.45, 2.75) is 0 Å². The minimum Gasteiger partial charge on any atom is -0.504 e. The van der Waals surface area contributed by atoms with Crippen molar-refractivity contribution in [3.63, 3.8) is 0 Å². The summed E-state index contributed by atoms with van der Waals surface area (Å²) < 4.78 is 6.86. The molecule has 2 rings (SSSR count). The molecule has 0 saturated carbocycles. The maximum absolute atomic E-state index is 9.62. The molecule has 0 bridgehead atoms. The molecule has 4 heteroatoms. The highest BCUT2D eigenvalue weighted by Crippen LogP contribution is 2.30. The SMILES string of the molecule is COc1ccc(-c2nccn2C)cc1O. The number of rotatable bonds is 2. The zero-order valence-corrected chi connectivity index (χ0v) is 8.64. The van der Waals surface area contributed by atoms with E-state index in [0.717, 1.165) is 11.4 Å². The van der Waals surface area contributed by atoms with Gasteiger partial charge in [-0.1, -0.05) is 0 Å². The van der Waals surface area contributed by atoms with Crippen molar-refractivity contribution in [3.8, 4) is 22.9 Å². The second-order valence-corrected chi connectivity index (χ2v) is 3.25. The van der Waals surface area contributed by atoms with Gasteiger partial charge in [0, 0.05) is 25.0 Å². The van der Waals surface area contributed by atoms with Crippen LogP contribution in [-0.2, 0) is 7.05 Å². The van der Waals surface area contributed by atoms with Crippen LogP contribution in [0.2, 0.25) is 0 Å². The standard InChI is InChI=1S/C11H12N2O2/c1-13-6-5-12-11(13)8-3-4-10(15-2)9(14)7-8/h3-7,14H,1-2H3. The number of hydrogen-bond donors (Lipinski definition) is 1. The molecule has 0 aliphatic heterocycles. The van der Waals surface area contributed by atoms with Gasteiger partial charge in [0.05, 0.1) is 7.11 Å². The van der Waals surface area contributed by atoms with Crippen LogP contribution < -0.4 is 4.74 Å². The summed E-state index contributed by atoms with van der Waals surface area (Å²) in [6.45, 7) is 0. The number of benzene rings is 1. The Morgan fingerprint density at radius 1 is 1.40 bits per heavy atom. The summed E-state index contributed by atoms with van der Waals surface area (Å²) in [5, 5.41) is 9.62. The Morgan fingerprint density at radius 2 is 2.20 bits per heavy atom. The van der Waals surface area contributed by atoms with E-state index in [1.807, 2.05) is 23.9 Å². The molecule has 1 aromatic heterocycles. The fourth-order valence-corrected chi connectivity index (χ4v) is 1.47. The molecule has 0 fully saturated rings. The molecule has 0 atom stereocenters. The van der Waals surface area contributed by atoms with Crippen LogP contribution >= 0.6 is 0 Å². The molecule has 15 heavy (non-hydrogen) atoms. The highest BCUT2D eigenvalue weighted by atomic mass is 16.5. The Hall–Kier alpha value is -1.97. The van der Waals surface area contributed by atoms with Crippen molar-refractivity contribution in [2.24, 2.45) is 7.05 Å². The van der Waals surface area contributed by atoms with E-state index in [4.69, 9.17) is 4.74 Å². The normalized spacial score (nSPS) is 10.3. The molecule has 78 valence electrons. The van der Waals surface area contributed by atoms with E-state index in [-0.39, 0.29) is 5.75 Å². The number of hydrogen-bond acceptors (Lipinski definition) is 3. The molecule has 1 aromatic carbocycles. The molecule has 0 aliphatic rings. The van der Waals surface area contributed by atoms with E-state index in [2.05, 4.69) is 4.98 Å². The zero-order valence-electron chi connectivity index (χ0n) is 8.64.